The fourth-order valence-electron chi connectivity index (χ4n) is 3.54. The van der Waals surface area contributed by atoms with Crippen molar-refractivity contribution in [1.29, 1.82) is 0 Å². The van der Waals surface area contributed by atoms with E-state index in [9.17, 15) is 0 Å². The first kappa shape index (κ1) is 12.7. The van der Waals surface area contributed by atoms with Crippen LogP contribution in [-0.4, -0.2) is 22.6 Å². The van der Waals surface area contributed by atoms with Gasteiger partial charge in [0.1, 0.15) is 5.82 Å². The van der Waals surface area contributed by atoms with E-state index in [-0.39, 0.29) is 5.41 Å². The highest BCUT2D eigenvalue weighted by Gasteiger charge is 2.38. The van der Waals surface area contributed by atoms with Gasteiger partial charge in [-0.2, -0.15) is 0 Å². The van der Waals surface area contributed by atoms with Gasteiger partial charge in [0.2, 0.25) is 0 Å². The summed E-state index contributed by atoms with van der Waals surface area (Å²) >= 11 is 0. The normalized spacial score (nSPS) is 23.3. The summed E-state index contributed by atoms with van der Waals surface area (Å²) in [5, 5.41) is 3.54. The first-order valence-electron chi connectivity index (χ1n) is 7.47. The van der Waals surface area contributed by atoms with Crippen molar-refractivity contribution in [1.82, 2.24) is 14.9 Å². The monoisotopic (exact) mass is 257 g/mol. The fraction of sp³-hybridized carbons (Fsp3) is 0.562. The van der Waals surface area contributed by atoms with Crippen LogP contribution in [0.25, 0.3) is 11.0 Å². The van der Waals surface area contributed by atoms with Gasteiger partial charge in [0.15, 0.2) is 0 Å². The lowest BCUT2D eigenvalue weighted by Gasteiger charge is -2.28. The molecular weight excluding hydrogens is 234 g/mol. The molecule has 1 aliphatic rings. The molecule has 2 heterocycles. The van der Waals surface area contributed by atoms with Crippen LogP contribution in [0.2, 0.25) is 0 Å². The van der Waals surface area contributed by atoms with Crippen LogP contribution in [0.1, 0.15) is 38.9 Å². The number of fused-ring (bicyclic) bond motifs is 1. The number of hydrogen-bond donors (Lipinski definition) is 1. The number of rotatable bonds is 4. The zero-order chi connectivity index (χ0) is 13.3. The van der Waals surface area contributed by atoms with Gasteiger partial charge in [-0.3, -0.25) is 0 Å². The lowest BCUT2D eigenvalue weighted by Crippen LogP contribution is -2.32. The van der Waals surface area contributed by atoms with Gasteiger partial charge in [-0.15, -0.1) is 0 Å². The van der Waals surface area contributed by atoms with Gasteiger partial charge in [0.25, 0.3) is 0 Å². The Morgan fingerprint density at radius 3 is 2.84 bits per heavy atom. The highest BCUT2D eigenvalue weighted by molar-refractivity contribution is 5.76. The number of para-hydroxylation sites is 2. The number of aryl methyl sites for hydroxylation is 1. The number of nitrogens with one attached hydrogen (secondary N) is 1. The summed E-state index contributed by atoms with van der Waals surface area (Å²) in [5.74, 6) is 1.29. The van der Waals surface area contributed by atoms with Gasteiger partial charge in [0, 0.05) is 18.5 Å². The summed E-state index contributed by atoms with van der Waals surface area (Å²) in [4.78, 5) is 4.98. The van der Waals surface area contributed by atoms with Gasteiger partial charge >= 0.3 is 0 Å². The van der Waals surface area contributed by atoms with Crippen LogP contribution in [0, 0.1) is 0 Å². The molecule has 19 heavy (non-hydrogen) atoms. The molecule has 102 valence electrons. The average Bonchev–Trinajstić information content (AvgIpc) is 3.03. The van der Waals surface area contributed by atoms with Crippen molar-refractivity contribution in [3.8, 4) is 0 Å². The van der Waals surface area contributed by atoms with Crippen molar-refractivity contribution in [2.24, 2.45) is 0 Å². The van der Waals surface area contributed by atoms with Crippen LogP contribution < -0.4 is 5.32 Å². The molecule has 1 atom stereocenters. The Hall–Kier alpha value is -1.35. The van der Waals surface area contributed by atoms with E-state index in [0.29, 0.717) is 0 Å². The molecule has 0 aliphatic carbocycles. The topological polar surface area (TPSA) is 29.9 Å². The molecule has 1 aromatic carbocycles. The van der Waals surface area contributed by atoms with E-state index in [1.807, 2.05) is 0 Å². The van der Waals surface area contributed by atoms with Crippen molar-refractivity contribution >= 4 is 11.0 Å². The van der Waals surface area contributed by atoms with Crippen molar-refractivity contribution in [3.63, 3.8) is 0 Å². The van der Waals surface area contributed by atoms with Gasteiger partial charge in [-0.1, -0.05) is 25.5 Å². The zero-order valence-corrected chi connectivity index (χ0v) is 11.9. The van der Waals surface area contributed by atoms with E-state index < -0.39 is 0 Å². The lowest BCUT2D eigenvalue weighted by atomic mass is 9.81. The number of hydrogen-bond acceptors (Lipinski definition) is 2. The molecule has 0 amide bonds. The largest absolute Gasteiger partial charge is 0.328 e. The molecule has 1 unspecified atom stereocenters. The number of aromatic nitrogens is 2. The summed E-state index contributed by atoms with van der Waals surface area (Å²) < 4.78 is 2.41. The first-order valence-corrected chi connectivity index (χ1v) is 7.47. The second-order valence-electron chi connectivity index (χ2n) is 5.63. The van der Waals surface area contributed by atoms with Gasteiger partial charge < -0.3 is 9.88 Å². The first-order chi connectivity index (χ1) is 9.30. The molecule has 1 aliphatic heterocycles. The van der Waals surface area contributed by atoms with Crippen LogP contribution in [0.5, 0.6) is 0 Å². The summed E-state index contributed by atoms with van der Waals surface area (Å²) in [7, 11) is 0. The third-order valence-corrected chi connectivity index (χ3v) is 4.42. The molecule has 0 radical (unpaired) electrons. The Kier molecular flexibility index (Phi) is 3.31. The van der Waals surface area contributed by atoms with E-state index in [1.54, 1.807) is 0 Å². The molecule has 3 nitrogen and oxygen atoms in total. The predicted molar refractivity (Wildman–Crippen MR) is 79.5 cm³/mol. The Balaban J connectivity index is 2.17. The molecule has 0 bridgehead atoms. The van der Waals surface area contributed by atoms with E-state index >= 15 is 0 Å². The third-order valence-electron chi connectivity index (χ3n) is 4.42. The number of imidazole rings is 1. The fourth-order valence-corrected chi connectivity index (χ4v) is 3.54. The maximum absolute atomic E-state index is 4.98. The van der Waals surface area contributed by atoms with Gasteiger partial charge in [0.05, 0.1) is 11.0 Å². The minimum absolute atomic E-state index is 0.240. The molecule has 3 heteroatoms. The predicted octanol–water partition coefficient (Wildman–Crippen LogP) is 3.09. The molecular formula is C16H23N3. The van der Waals surface area contributed by atoms with Crippen molar-refractivity contribution in [3.05, 3.63) is 30.1 Å². The Morgan fingerprint density at radius 2 is 2.16 bits per heavy atom. The number of nitrogens with zero attached hydrogens (tertiary/aromatic N) is 2. The van der Waals surface area contributed by atoms with Crippen LogP contribution >= 0.6 is 0 Å². The zero-order valence-electron chi connectivity index (χ0n) is 11.9. The quantitative estimate of drug-likeness (QED) is 0.912. The Morgan fingerprint density at radius 1 is 1.32 bits per heavy atom. The second-order valence-corrected chi connectivity index (χ2v) is 5.63. The van der Waals surface area contributed by atoms with Gasteiger partial charge in [-0.05, 0) is 38.4 Å². The summed E-state index contributed by atoms with van der Waals surface area (Å²) in [6.07, 6.45) is 3.65. The summed E-state index contributed by atoms with van der Waals surface area (Å²) in [5.41, 5.74) is 2.66. The van der Waals surface area contributed by atoms with Crippen LogP contribution in [0.3, 0.4) is 0 Å². The molecule has 3 rings (SSSR count). The highest BCUT2D eigenvalue weighted by atomic mass is 15.1. The Bertz CT molecular complexity index is 564. The highest BCUT2D eigenvalue weighted by Crippen LogP contribution is 2.36. The Labute approximate surface area is 115 Å². The molecule has 1 saturated heterocycles. The SMILES string of the molecule is CCCC1(c2nc3ccccc3n2CC)CCNC1. The van der Waals surface area contributed by atoms with E-state index in [4.69, 9.17) is 4.98 Å². The second kappa shape index (κ2) is 4.97. The molecule has 0 saturated carbocycles. The van der Waals surface area contributed by atoms with E-state index in [0.717, 1.165) is 25.2 Å². The van der Waals surface area contributed by atoms with Crippen LogP contribution in [-0.2, 0) is 12.0 Å². The van der Waals surface area contributed by atoms with Crippen molar-refractivity contribution in [2.75, 3.05) is 13.1 Å². The van der Waals surface area contributed by atoms with Crippen LogP contribution in [0.15, 0.2) is 24.3 Å². The van der Waals surface area contributed by atoms with Crippen molar-refractivity contribution in [2.45, 2.75) is 45.1 Å². The number of benzene rings is 1. The minimum atomic E-state index is 0.240. The average molecular weight is 257 g/mol. The smallest absolute Gasteiger partial charge is 0.117 e. The molecule has 2 aromatic rings. The maximum Gasteiger partial charge on any atom is 0.117 e. The molecule has 1 fully saturated rings. The van der Waals surface area contributed by atoms with E-state index in [1.165, 1.54) is 30.6 Å². The summed E-state index contributed by atoms with van der Waals surface area (Å²) in [6, 6.07) is 8.52. The summed E-state index contributed by atoms with van der Waals surface area (Å²) in [6.45, 7) is 7.69. The van der Waals surface area contributed by atoms with Crippen LogP contribution in [0.4, 0.5) is 0 Å². The minimum Gasteiger partial charge on any atom is -0.328 e. The van der Waals surface area contributed by atoms with Crippen molar-refractivity contribution < 1.29 is 0 Å². The molecule has 1 aromatic heterocycles. The lowest BCUT2D eigenvalue weighted by molar-refractivity contribution is 0.387. The molecule has 0 spiro atoms. The maximum atomic E-state index is 4.98. The standard InChI is InChI=1S/C16H23N3/c1-3-9-16(10-11-17-12-16)15-18-13-7-5-6-8-14(13)19(15)4-2/h5-8,17H,3-4,9-12H2,1-2H3. The van der Waals surface area contributed by atoms with E-state index in [2.05, 4.69) is 48.0 Å². The van der Waals surface area contributed by atoms with Gasteiger partial charge in [-0.25, -0.2) is 4.98 Å². The molecule has 1 N–H and O–H groups in total. The third kappa shape index (κ3) is 1.96.